The minimum absolute atomic E-state index is 0.139. The van der Waals surface area contributed by atoms with Crippen LogP contribution in [0.1, 0.15) is 44.2 Å². The molecule has 2 aliphatic rings. The first-order valence-electron chi connectivity index (χ1n) is 7.48. The van der Waals surface area contributed by atoms with Crippen LogP contribution in [0.4, 0.5) is 5.13 Å². The number of aryl methyl sites for hydroxylation is 2. The van der Waals surface area contributed by atoms with Crippen molar-refractivity contribution in [3.63, 3.8) is 0 Å². The SMILES string of the molecule is CC(C)(C)C(=O)NC1CN(c2nc3c(s2)CCCC3)C1. The van der Waals surface area contributed by atoms with Gasteiger partial charge in [0.25, 0.3) is 0 Å². The van der Waals surface area contributed by atoms with Gasteiger partial charge < -0.3 is 10.2 Å². The highest BCUT2D eigenvalue weighted by Gasteiger charge is 2.33. The summed E-state index contributed by atoms with van der Waals surface area (Å²) in [6, 6.07) is 0.280. The number of amides is 1. The van der Waals surface area contributed by atoms with E-state index in [1.165, 1.54) is 29.8 Å². The Kier molecular flexibility index (Phi) is 3.48. The second-order valence-corrected chi connectivity index (χ2v) is 7.96. The molecule has 0 unspecified atom stereocenters. The molecular weight excluding hydrogens is 270 g/mol. The minimum Gasteiger partial charge on any atom is -0.349 e. The number of anilines is 1. The summed E-state index contributed by atoms with van der Waals surface area (Å²) < 4.78 is 0. The molecule has 0 spiro atoms. The number of fused-ring (bicyclic) bond motifs is 1. The van der Waals surface area contributed by atoms with Crippen molar-refractivity contribution < 1.29 is 4.79 Å². The van der Waals surface area contributed by atoms with E-state index in [0.29, 0.717) is 0 Å². The monoisotopic (exact) mass is 293 g/mol. The Hall–Kier alpha value is -1.10. The lowest BCUT2D eigenvalue weighted by Crippen LogP contribution is -2.60. The highest BCUT2D eigenvalue weighted by Crippen LogP contribution is 2.33. The van der Waals surface area contributed by atoms with Crippen LogP contribution in [0.15, 0.2) is 0 Å². The topological polar surface area (TPSA) is 45.2 Å². The molecule has 0 atom stereocenters. The molecule has 1 aliphatic carbocycles. The Morgan fingerprint density at radius 3 is 2.65 bits per heavy atom. The van der Waals surface area contributed by atoms with Crippen LogP contribution in [0.2, 0.25) is 0 Å². The summed E-state index contributed by atoms with van der Waals surface area (Å²) in [7, 11) is 0. The number of rotatable bonds is 2. The maximum atomic E-state index is 11.9. The largest absolute Gasteiger partial charge is 0.349 e. The van der Waals surface area contributed by atoms with Crippen LogP contribution in [0.25, 0.3) is 0 Å². The summed E-state index contributed by atoms with van der Waals surface area (Å²) in [5, 5.41) is 4.27. The van der Waals surface area contributed by atoms with E-state index in [9.17, 15) is 4.79 Å². The number of carbonyl (C=O) groups excluding carboxylic acids is 1. The molecule has 1 fully saturated rings. The zero-order valence-corrected chi connectivity index (χ0v) is 13.3. The molecule has 1 amide bonds. The van der Waals surface area contributed by atoms with Crippen molar-refractivity contribution in [2.75, 3.05) is 18.0 Å². The Bertz CT molecular complexity index is 488. The summed E-state index contributed by atoms with van der Waals surface area (Å²) in [6.07, 6.45) is 4.92. The van der Waals surface area contributed by atoms with Crippen molar-refractivity contribution in [2.45, 2.75) is 52.5 Å². The average molecular weight is 293 g/mol. The van der Waals surface area contributed by atoms with Crippen molar-refractivity contribution in [1.82, 2.24) is 10.3 Å². The van der Waals surface area contributed by atoms with Gasteiger partial charge in [-0.1, -0.05) is 20.8 Å². The predicted octanol–water partition coefficient (Wildman–Crippen LogP) is 2.37. The standard InChI is InChI=1S/C15H23N3OS/c1-15(2,3)13(19)16-10-8-18(9-10)14-17-11-6-4-5-7-12(11)20-14/h10H,4-9H2,1-3H3,(H,16,19). The first-order valence-corrected chi connectivity index (χ1v) is 8.29. The van der Waals surface area contributed by atoms with E-state index in [1.807, 2.05) is 32.1 Å². The number of nitrogens with one attached hydrogen (secondary N) is 1. The van der Waals surface area contributed by atoms with Gasteiger partial charge in [-0.05, 0) is 25.7 Å². The summed E-state index contributed by atoms with van der Waals surface area (Å²) in [5.41, 5.74) is 1.01. The minimum atomic E-state index is -0.305. The van der Waals surface area contributed by atoms with E-state index in [-0.39, 0.29) is 17.4 Å². The summed E-state index contributed by atoms with van der Waals surface area (Å²) in [4.78, 5) is 20.5. The second-order valence-electron chi connectivity index (χ2n) is 6.90. The van der Waals surface area contributed by atoms with Crippen molar-refractivity contribution in [2.24, 2.45) is 5.41 Å². The second kappa shape index (κ2) is 5.02. The maximum absolute atomic E-state index is 11.9. The fourth-order valence-electron chi connectivity index (χ4n) is 2.60. The number of hydrogen-bond donors (Lipinski definition) is 1. The first-order chi connectivity index (χ1) is 9.43. The Balaban J connectivity index is 1.55. The third kappa shape index (κ3) is 2.68. The van der Waals surface area contributed by atoms with E-state index < -0.39 is 0 Å². The van der Waals surface area contributed by atoms with Gasteiger partial charge in [-0.3, -0.25) is 4.79 Å². The molecule has 2 heterocycles. The highest BCUT2D eigenvalue weighted by atomic mass is 32.1. The normalized spacial score (nSPS) is 19.4. The van der Waals surface area contributed by atoms with Gasteiger partial charge in [0.15, 0.2) is 5.13 Å². The third-order valence-corrected chi connectivity index (χ3v) is 5.22. The Labute approximate surface area is 124 Å². The van der Waals surface area contributed by atoms with Gasteiger partial charge >= 0.3 is 0 Å². The van der Waals surface area contributed by atoms with Crippen LogP contribution in [-0.4, -0.2) is 30.0 Å². The van der Waals surface area contributed by atoms with E-state index in [0.717, 1.165) is 24.6 Å². The molecule has 3 rings (SSSR count). The molecular formula is C15H23N3OS. The van der Waals surface area contributed by atoms with E-state index in [4.69, 9.17) is 4.98 Å². The molecule has 0 saturated carbocycles. The summed E-state index contributed by atoms with van der Waals surface area (Å²) in [5.74, 6) is 0.139. The molecule has 1 aliphatic heterocycles. The van der Waals surface area contributed by atoms with Crippen LogP contribution in [-0.2, 0) is 17.6 Å². The van der Waals surface area contributed by atoms with Crippen LogP contribution >= 0.6 is 11.3 Å². The Morgan fingerprint density at radius 1 is 1.30 bits per heavy atom. The van der Waals surface area contributed by atoms with Crippen molar-refractivity contribution in [3.05, 3.63) is 10.6 Å². The zero-order chi connectivity index (χ0) is 14.3. The summed E-state index contributed by atoms with van der Waals surface area (Å²) >= 11 is 1.85. The highest BCUT2D eigenvalue weighted by molar-refractivity contribution is 7.15. The molecule has 1 aromatic heterocycles. The molecule has 1 N–H and O–H groups in total. The lowest BCUT2D eigenvalue weighted by Gasteiger charge is -2.40. The van der Waals surface area contributed by atoms with Crippen molar-refractivity contribution in [3.8, 4) is 0 Å². The van der Waals surface area contributed by atoms with Crippen molar-refractivity contribution in [1.29, 1.82) is 0 Å². The van der Waals surface area contributed by atoms with Crippen molar-refractivity contribution >= 4 is 22.4 Å². The molecule has 5 heteroatoms. The number of hydrogen-bond acceptors (Lipinski definition) is 4. The molecule has 0 radical (unpaired) electrons. The number of nitrogens with zero attached hydrogens (tertiary/aromatic N) is 2. The number of carbonyl (C=O) groups is 1. The van der Waals surface area contributed by atoms with Gasteiger partial charge in [0.05, 0.1) is 11.7 Å². The number of aromatic nitrogens is 1. The predicted molar refractivity (Wildman–Crippen MR) is 82.4 cm³/mol. The van der Waals surface area contributed by atoms with Crippen LogP contribution in [0, 0.1) is 5.41 Å². The zero-order valence-electron chi connectivity index (χ0n) is 12.5. The third-order valence-electron chi connectivity index (χ3n) is 4.00. The molecule has 110 valence electrons. The van der Waals surface area contributed by atoms with E-state index in [2.05, 4.69) is 10.2 Å². The number of thiazole rings is 1. The lowest BCUT2D eigenvalue weighted by atomic mass is 9.94. The van der Waals surface area contributed by atoms with Gasteiger partial charge in [-0.2, -0.15) is 0 Å². The van der Waals surface area contributed by atoms with Crippen LogP contribution in [0.5, 0.6) is 0 Å². The Morgan fingerprint density at radius 2 is 2.00 bits per heavy atom. The van der Waals surface area contributed by atoms with Crippen LogP contribution < -0.4 is 10.2 Å². The average Bonchev–Trinajstić information content (AvgIpc) is 2.74. The van der Waals surface area contributed by atoms with Gasteiger partial charge in [0.2, 0.25) is 5.91 Å². The maximum Gasteiger partial charge on any atom is 0.225 e. The molecule has 4 nitrogen and oxygen atoms in total. The molecule has 0 bridgehead atoms. The quantitative estimate of drug-likeness (QED) is 0.910. The van der Waals surface area contributed by atoms with Gasteiger partial charge in [-0.15, -0.1) is 11.3 Å². The van der Waals surface area contributed by atoms with Crippen LogP contribution in [0.3, 0.4) is 0 Å². The molecule has 20 heavy (non-hydrogen) atoms. The van der Waals surface area contributed by atoms with E-state index in [1.54, 1.807) is 0 Å². The van der Waals surface area contributed by atoms with Gasteiger partial charge in [-0.25, -0.2) is 4.98 Å². The lowest BCUT2D eigenvalue weighted by molar-refractivity contribution is -0.129. The first kappa shape index (κ1) is 13.9. The molecule has 0 aromatic carbocycles. The smallest absolute Gasteiger partial charge is 0.225 e. The fourth-order valence-corrected chi connectivity index (χ4v) is 3.77. The van der Waals surface area contributed by atoms with E-state index >= 15 is 0 Å². The molecule has 1 saturated heterocycles. The van der Waals surface area contributed by atoms with Gasteiger partial charge in [0, 0.05) is 23.4 Å². The fraction of sp³-hybridized carbons (Fsp3) is 0.733. The molecule has 1 aromatic rings. The summed E-state index contributed by atoms with van der Waals surface area (Å²) in [6.45, 7) is 7.65. The van der Waals surface area contributed by atoms with Gasteiger partial charge in [0.1, 0.15) is 0 Å².